The molecule has 0 atom stereocenters. The smallest absolute Gasteiger partial charge is 0.337 e. The van der Waals surface area contributed by atoms with Crippen molar-refractivity contribution in [1.29, 1.82) is 0 Å². The van der Waals surface area contributed by atoms with Crippen molar-refractivity contribution >= 4 is 35.0 Å². The van der Waals surface area contributed by atoms with E-state index in [4.69, 9.17) is 9.84 Å². The first-order valence-electron chi connectivity index (χ1n) is 10.7. The Morgan fingerprint density at radius 1 is 0.882 bits per heavy atom. The predicted molar refractivity (Wildman–Crippen MR) is 128 cm³/mol. The number of benzene rings is 2. The van der Waals surface area contributed by atoms with Gasteiger partial charge in [0.25, 0.3) is 5.91 Å². The highest BCUT2D eigenvalue weighted by Crippen LogP contribution is 2.21. The average Bonchev–Trinajstić information content (AvgIpc) is 2.88. The van der Waals surface area contributed by atoms with Gasteiger partial charge in [-0.2, -0.15) is 0 Å². The predicted octanol–water partition coefficient (Wildman–Crippen LogP) is 3.15. The molecule has 1 fully saturated rings. The third-order valence-electron chi connectivity index (χ3n) is 5.63. The molecule has 1 aliphatic heterocycles. The molecule has 2 N–H and O–H groups in total. The number of anilines is 3. The molecule has 174 valence electrons. The van der Waals surface area contributed by atoms with Crippen LogP contribution in [0.4, 0.5) is 17.2 Å². The van der Waals surface area contributed by atoms with E-state index in [0.717, 1.165) is 37.7 Å². The Bertz CT molecular complexity index is 1190. The Kier molecular flexibility index (Phi) is 6.72. The molecule has 3 aromatic rings. The number of carboxylic acids is 1. The molecule has 2 aromatic carbocycles. The fourth-order valence-electron chi connectivity index (χ4n) is 3.76. The lowest BCUT2D eigenvalue weighted by atomic mass is 10.1. The van der Waals surface area contributed by atoms with E-state index in [1.807, 2.05) is 18.2 Å². The molecule has 1 aliphatic rings. The minimum atomic E-state index is -0.936. The number of rotatable bonds is 6. The molecule has 0 saturated carbocycles. The minimum Gasteiger partial charge on any atom is -0.478 e. The summed E-state index contributed by atoms with van der Waals surface area (Å²) < 4.78 is 4.71. The lowest BCUT2D eigenvalue weighted by Crippen LogP contribution is -2.46. The second-order valence-electron chi connectivity index (χ2n) is 7.76. The van der Waals surface area contributed by atoms with Gasteiger partial charge in [-0.05, 0) is 54.6 Å². The van der Waals surface area contributed by atoms with Crippen molar-refractivity contribution in [3.05, 3.63) is 83.6 Å². The summed E-state index contributed by atoms with van der Waals surface area (Å²) >= 11 is 0. The Morgan fingerprint density at radius 3 is 2.18 bits per heavy atom. The molecule has 0 aliphatic carbocycles. The van der Waals surface area contributed by atoms with Crippen molar-refractivity contribution in [3.8, 4) is 0 Å². The molecule has 4 rings (SSSR count). The molecule has 0 bridgehead atoms. The molecule has 1 saturated heterocycles. The molecule has 2 heterocycles. The zero-order valence-electron chi connectivity index (χ0n) is 18.6. The zero-order chi connectivity index (χ0) is 24.1. The number of carbonyl (C=O) groups excluding carboxylic acids is 2. The quantitative estimate of drug-likeness (QED) is 0.540. The van der Waals surface area contributed by atoms with E-state index in [1.165, 1.54) is 13.3 Å². The van der Waals surface area contributed by atoms with Crippen LogP contribution in [0.2, 0.25) is 0 Å². The highest BCUT2D eigenvalue weighted by molar-refractivity contribution is 6.04. The number of aromatic nitrogens is 1. The first-order valence-corrected chi connectivity index (χ1v) is 10.7. The lowest BCUT2D eigenvalue weighted by molar-refractivity contribution is 0.0599. The van der Waals surface area contributed by atoms with Gasteiger partial charge in [-0.25, -0.2) is 14.6 Å². The number of hydrogen-bond acceptors (Lipinski definition) is 7. The second-order valence-corrected chi connectivity index (χ2v) is 7.76. The first kappa shape index (κ1) is 22.8. The van der Waals surface area contributed by atoms with E-state index in [9.17, 15) is 14.4 Å². The van der Waals surface area contributed by atoms with Crippen LogP contribution in [0, 0.1) is 0 Å². The molecule has 0 unspecified atom stereocenters. The van der Waals surface area contributed by atoms with E-state index in [2.05, 4.69) is 20.1 Å². The SMILES string of the molecule is COC(=O)c1cccc(NC(=O)c2ccc(N3CCN(c4ccc(C(=O)O)cc4)CC3)nc2)c1. The summed E-state index contributed by atoms with van der Waals surface area (Å²) in [6, 6.07) is 16.9. The van der Waals surface area contributed by atoms with Crippen molar-refractivity contribution in [3.63, 3.8) is 0 Å². The van der Waals surface area contributed by atoms with E-state index >= 15 is 0 Å². The van der Waals surface area contributed by atoms with Gasteiger partial charge >= 0.3 is 11.9 Å². The minimum absolute atomic E-state index is 0.270. The van der Waals surface area contributed by atoms with Gasteiger partial charge in [-0.1, -0.05) is 6.07 Å². The van der Waals surface area contributed by atoms with Gasteiger partial charge in [-0.15, -0.1) is 0 Å². The maximum atomic E-state index is 12.6. The summed E-state index contributed by atoms with van der Waals surface area (Å²) in [5.41, 5.74) is 2.51. The summed E-state index contributed by atoms with van der Waals surface area (Å²) in [6.07, 6.45) is 1.53. The molecular formula is C25H24N4O5. The zero-order valence-corrected chi connectivity index (χ0v) is 18.6. The van der Waals surface area contributed by atoms with E-state index in [0.29, 0.717) is 16.8 Å². The number of nitrogens with zero attached hydrogens (tertiary/aromatic N) is 3. The number of methoxy groups -OCH3 is 1. The lowest BCUT2D eigenvalue weighted by Gasteiger charge is -2.36. The fourth-order valence-corrected chi connectivity index (χ4v) is 3.76. The highest BCUT2D eigenvalue weighted by atomic mass is 16.5. The molecule has 1 aromatic heterocycles. The molecule has 1 amide bonds. The number of nitrogens with one attached hydrogen (secondary N) is 1. The van der Waals surface area contributed by atoms with E-state index < -0.39 is 11.9 Å². The second kappa shape index (κ2) is 10.0. The van der Waals surface area contributed by atoms with Crippen LogP contribution in [0.1, 0.15) is 31.1 Å². The van der Waals surface area contributed by atoms with Crippen LogP contribution in [0.5, 0.6) is 0 Å². The van der Waals surface area contributed by atoms with Crippen molar-refractivity contribution < 1.29 is 24.2 Å². The van der Waals surface area contributed by atoms with Crippen LogP contribution >= 0.6 is 0 Å². The number of ether oxygens (including phenoxy) is 1. The van der Waals surface area contributed by atoms with Crippen LogP contribution in [-0.4, -0.2) is 61.2 Å². The number of aromatic carboxylic acids is 1. The van der Waals surface area contributed by atoms with Crippen LogP contribution in [0.25, 0.3) is 0 Å². The Labute approximate surface area is 196 Å². The van der Waals surface area contributed by atoms with Crippen LogP contribution in [0.3, 0.4) is 0 Å². The monoisotopic (exact) mass is 460 g/mol. The van der Waals surface area contributed by atoms with E-state index in [-0.39, 0.29) is 11.5 Å². The average molecular weight is 460 g/mol. The van der Waals surface area contributed by atoms with Gasteiger partial charge < -0.3 is 25.0 Å². The van der Waals surface area contributed by atoms with Crippen LogP contribution in [0.15, 0.2) is 66.9 Å². The fraction of sp³-hybridized carbons (Fsp3) is 0.200. The number of pyridine rings is 1. The molecule has 0 spiro atoms. The maximum Gasteiger partial charge on any atom is 0.337 e. The summed E-state index contributed by atoms with van der Waals surface area (Å²) in [5.74, 6) is -0.949. The molecule has 0 radical (unpaired) electrons. The topological polar surface area (TPSA) is 112 Å². The van der Waals surface area contributed by atoms with Gasteiger partial charge in [0.1, 0.15) is 5.82 Å². The number of carbonyl (C=O) groups is 3. The van der Waals surface area contributed by atoms with Crippen molar-refractivity contribution in [2.24, 2.45) is 0 Å². The molecule has 9 heteroatoms. The van der Waals surface area contributed by atoms with E-state index in [1.54, 1.807) is 42.5 Å². The van der Waals surface area contributed by atoms with Gasteiger partial charge in [0, 0.05) is 43.8 Å². The number of hydrogen-bond donors (Lipinski definition) is 2. The Balaban J connectivity index is 1.34. The first-order chi connectivity index (χ1) is 16.4. The van der Waals surface area contributed by atoms with Crippen molar-refractivity contribution in [2.75, 3.05) is 48.4 Å². The maximum absolute atomic E-state index is 12.6. The Hall–Kier alpha value is -4.40. The molecule has 34 heavy (non-hydrogen) atoms. The number of piperazine rings is 1. The number of amides is 1. The number of esters is 1. The largest absolute Gasteiger partial charge is 0.478 e. The summed E-state index contributed by atoms with van der Waals surface area (Å²) in [4.78, 5) is 44.1. The highest BCUT2D eigenvalue weighted by Gasteiger charge is 2.19. The Morgan fingerprint density at radius 2 is 1.56 bits per heavy atom. The van der Waals surface area contributed by atoms with Gasteiger partial charge in [0.2, 0.25) is 0 Å². The standard InChI is InChI=1S/C25H24N4O5/c1-34-25(33)18-3-2-4-20(15-18)27-23(30)19-7-10-22(26-16-19)29-13-11-28(12-14-29)21-8-5-17(6-9-21)24(31)32/h2-10,15-16H,11-14H2,1H3,(H,27,30)(H,31,32). The van der Waals surface area contributed by atoms with Crippen LogP contribution < -0.4 is 15.1 Å². The number of carboxylic acid groups (broad SMARTS) is 1. The molecular weight excluding hydrogens is 436 g/mol. The third-order valence-corrected chi connectivity index (χ3v) is 5.63. The normalized spacial score (nSPS) is 13.3. The van der Waals surface area contributed by atoms with Crippen molar-refractivity contribution in [2.45, 2.75) is 0 Å². The summed E-state index contributed by atoms with van der Waals surface area (Å²) in [6.45, 7) is 3.04. The van der Waals surface area contributed by atoms with Gasteiger partial charge in [0.15, 0.2) is 0 Å². The van der Waals surface area contributed by atoms with Gasteiger partial charge in [-0.3, -0.25) is 4.79 Å². The van der Waals surface area contributed by atoms with Crippen molar-refractivity contribution in [1.82, 2.24) is 4.98 Å². The summed E-state index contributed by atoms with van der Waals surface area (Å²) in [7, 11) is 1.30. The van der Waals surface area contributed by atoms with Gasteiger partial charge in [0.05, 0.1) is 23.8 Å². The summed E-state index contributed by atoms with van der Waals surface area (Å²) in [5, 5.41) is 11.8. The molecule has 9 nitrogen and oxygen atoms in total. The third kappa shape index (κ3) is 5.15. The van der Waals surface area contributed by atoms with Crippen LogP contribution in [-0.2, 0) is 4.74 Å².